The van der Waals surface area contributed by atoms with Gasteiger partial charge in [0.2, 0.25) is 15.9 Å². The zero-order valence-corrected chi connectivity index (χ0v) is 19.7. The van der Waals surface area contributed by atoms with Crippen molar-refractivity contribution in [2.75, 3.05) is 20.7 Å². The quantitative estimate of drug-likeness (QED) is 0.614. The third-order valence-electron chi connectivity index (χ3n) is 4.64. The number of hydrogen-bond donors (Lipinski definition) is 1. The van der Waals surface area contributed by atoms with Gasteiger partial charge in [0.15, 0.2) is 0 Å². The van der Waals surface area contributed by atoms with E-state index in [9.17, 15) is 13.2 Å². The summed E-state index contributed by atoms with van der Waals surface area (Å²) in [6.07, 6.45) is 0. The van der Waals surface area contributed by atoms with Gasteiger partial charge in [0.1, 0.15) is 10.6 Å². The molecular weight excluding hydrogens is 456 g/mol. The number of sulfonamides is 1. The second kappa shape index (κ2) is 9.73. The van der Waals surface area contributed by atoms with Gasteiger partial charge in [0.25, 0.3) is 0 Å². The predicted octanol–water partition coefficient (Wildman–Crippen LogP) is 4.08. The molecule has 1 N–H and O–H groups in total. The van der Waals surface area contributed by atoms with Gasteiger partial charge in [0.05, 0.1) is 19.7 Å². The molecule has 0 aliphatic rings. The third-order valence-corrected chi connectivity index (χ3v) is 6.95. The maximum atomic E-state index is 13.1. The van der Waals surface area contributed by atoms with Crippen molar-refractivity contribution in [3.8, 4) is 5.75 Å². The van der Waals surface area contributed by atoms with E-state index < -0.39 is 10.0 Å². The van der Waals surface area contributed by atoms with Gasteiger partial charge < -0.3 is 10.1 Å². The fourth-order valence-electron chi connectivity index (χ4n) is 2.86. The minimum Gasteiger partial charge on any atom is -0.495 e. The maximum absolute atomic E-state index is 13.1. The van der Waals surface area contributed by atoms with Crippen LogP contribution in [0.25, 0.3) is 0 Å². The topological polar surface area (TPSA) is 75.7 Å². The second-order valence-corrected chi connectivity index (χ2v) is 10.1. The number of hydrogen-bond acceptors (Lipinski definition) is 4. The number of rotatable bonds is 8. The van der Waals surface area contributed by atoms with E-state index in [1.807, 2.05) is 51.1 Å². The van der Waals surface area contributed by atoms with Gasteiger partial charge in [-0.25, -0.2) is 8.42 Å². The molecule has 8 heteroatoms. The summed E-state index contributed by atoms with van der Waals surface area (Å²) in [5.41, 5.74) is 1.80. The molecule has 0 heterocycles. The first-order valence-corrected chi connectivity index (χ1v) is 11.5. The van der Waals surface area contributed by atoms with E-state index in [-0.39, 0.29) is 35.1 Å². The number of methoxy groups -OCH3 is 1. The number of nitrogens with one attached hydrogen (secondary N) is 1. The van der Waals surface area contributed by atoms with E-state index in [0.29, 0.717) is 0 Å². The van der Waals surface area contributed by atoms with Gasteiger partial charge in [-0.1, -0.05) is 48.0 Å². The third kappa shape index (κ3) is 5.81. The molecule has 0 fully saturated rings. The summed E-state index contributed by atoms with van der Waals surface area (Å²) in [7, 11) is -1.08. The van der Waals surface area contributed by atoms with Crippen LogP contribution in [0.2, 0.25) is 0 Å². The highest BCUT2D eigenvalue weighted by Crippen LogP contribution is 2.30. The van der Waals surface area contributed by atoms with E-state index in [0.717, 1.165) is 19.9 Å². The van der Waals surface area contributed by atoms with Gasteiger partial charge in [-0.15, -0.1) is 0 Å². The number of halogens is 1. The number of carbonyl (C=O) groups is 1. The van der Waals surface area contributed by atoms with E-state index >= 15 is 0 Å². The average molecular weight is 483 g/mol. The van der Waals surface area contributed by atoms with Crippen molar-refractivity contribution in [1.82, 2.24) is 9.62 Å². The van der Waals surface area contributed by atoms with Gasteiger partial charge in [-0.2, -0.15) is 4.31 Å². The van der Waals surface area contributed by atoms with Crippen molar-refractivity contribution in [2.45, 2.75) is 37.6 Å². The number of likely N-dealkylation sites (N-methyl/N-ethyl adjacent to an activating group) is 1. The molecule has 0 saturated heterocycles. The number of carbonyl (C=O) groups excluding carboxylic acids is 1. The Labute approximate surface area is 181 Å². The van der Waals surface area contributed by atoms with Crippen molar-refractivity contribution in [2.24, 2.45) is 0 Å². The lowest BCUT2D eigenvalue weighted by atomic mass is 10.0. The lowest BCUT2D eigenvalue weighted by molar-refractivity contribution is -0.121. The fraction of sp³-hybridized carbons (Fsp3) is 0.381. The van der Waals surface area contributed by atoms with Crippen LogP contribution in [0.4, 0.5) is 0 Å². The molecule has 0 aromatic heterocycles. The Kier molecular flexibility index (Phi) is 7.85. The Bertz CT molecular complexity index is 976. The Morgan fingerprint density at radius 3 is 2.41 bits per heavy atom. The van der Waals surface area contributed by atoms with Gasteiger partial charge in [-0.05, 0) is 48.2 Å². The zero-order valence-electron chi connectivity index (χ0n) is 17.3. The fourth-order valence-corrected chi connectivity index (χ4v) is 4.59. The number of amides is 1. The molecule has 1 atom stereocenters. The van der Waals surface area contributed by atoms with Crippen molar-refractivity contribution in [1.29, 1.82) is 0 Å². The minimum atomic E-state index is -3.90. The van der Waals surface area contributed by atoms with Crippen LogP contribution in [0.3, 0.4) is 0 Å². The Morgan fingerprint density at radius 1 is 1.14 bits per heavy atom. The highest BCUT2D eigenvalue weighted by atomic mass is 79.9. The normalized spacial score (nSPS) is 12.8. The molecule has 1 amide bonds. The van der Waals surface area contributed by atoms with Crippen molar-refractivity contribution < 1.29 is 17.9 Å². The van der Waals surface area contributed by atoms with E-state index in [4.69, 9.17) is 4.74 Å². The molecule has 2 rings (SSSR count). The van der Waals surface area contributed by atoms with Crippen molar-refractivity contribution >= 4 is 31.9 Å². The zero-order chi connectivity index (χ0) is 21.8. The van der Waals surface area contributed by atoms with Crippen LogP contribution in [0.5, 0.6) is 5.75 Å². The van der Waals surface area contributed by atoms with Crippen LogP contribution >= 0.6 is 15.9 Å². The van der Waals surface area contributed by atoms with E-state index in [1.54, 1.807) is 12.1 Å². The lowest BCUT2D eigenvalue weighted by Crippen LogP contribution is -2.39. The number of nitrogens with zero attached hydrogens (tertiary/aromatic N) is 1. The van der Waals surface area contributed by atoms with Crippen LogP contribution in [0, 0.1) is 0 Å². The van der Waals surface area contributed by atoms with Crippen LogP contribution in [-0.2, 0) is 14.8 Å². The smallest absolute Gasteiger partial charge is 0.246 e. The number of ether oxygens (including phenoxy) is 1. The van der Waals surface area contributed by atoms with E-state index in [1.165, 1.54) is 14.2 Å². The molecule has 0 aliphatic heterocycles. The molecule has 2 aromatic carbocycles. The highest BCUT2D eigenvalue weighted by Gasteiger charge is 2.27. The van der Waals surface area contributed by atoms with Crippen LogP contribution in [-0.4, -0.2) is 39.3 Å². The van der Waals surface area contributed by atoms with Gasteiger partial charge >= 0.3 is 0 Å². The molecule has 2 aromatic rings. The molecular formula is C21H27BrN2O4S. The summed E-state index contributed by atoms with van der Waals surface area (Å²) in [5, 5.41) is 2.84. The first-order chi connectivity index (χ1) is 13.6. The number of benzene rings is 2. The molecule has 1 unspecified atom stereocenters. The Morgan fingerprint density at radius 2 is 1.83 bits per heavy atom. The largest absolute Gasteiger partial charge is 0.495 e. The summed E-state index contributed by atoms with van der Waals surface area (Å²) >= 11 is 3.41. The first-order valence-electron chi connectivity index (χ1n) is 9.25. The summed E-state index contributed by atoms with van der Waals surface area (Å²) in [6, 6.07) is 12.4. The predicted molar refractivity (Wildman–Crippen MR) is 118 cm³/mol. The molecule has 0 saturated carbocycles. The summed E-state index contributed by atoms with van der Waals surface area (Å²) < 4.78 is 33.4. The molecule has 6 nitrogen and oxygen atoms in total. The highest BCUT2D eigenvalue weighted by molar-refractivity contribution is 9.10. The maximum Gasteiger partial charge on any atom is 0.246 e. The SMILES string of the molecule is COc1ccc(C(C)C)cc1S(=O)(=O)N(C)CC(=O)NC(C)c1cccc(Br)c1. The monoisotopic (exact) mass is 482 g/mol. The van der Waals surface area contributed by atoms with Crippen LogP contribution in [0.15, 0.2) is 51.8 Å². The Hall–Kier alpha value is -1.90. The average Bonchev–Trinajstić information content (AvgIpc) is 2.67. The molecule has 0 radical (unpaired) electrons. The van der Waals surface area contributed by atoms with Crippen molar-refractivity contribution in [3.63, 3.8) is 0 Å². The van der Waals surface area contributed by atoms with Crippen LogP contribution < -0.4 is 10.1 Å². The van der Waals surface area contributed by atoms with Gasteiger partial charge in [-0.3, -0.25) is 4.79 Å². The lowest BCUT2D eigenvalue weighted by Gasteiger charge is -2.21. The second-order valence-electron chi connectivity index (χ2n) is 7.17. The molecule has 29 heavy (non-hydrogen) atoms. The standard InChI is InChI=1S/C21H27BrN2O4S/c1-14(2)16-9-10-19(28-5)20(12-16)29(26,27)24(4)13-21(25)23-15(3)17-7-6-8-18(22)11-17/h6-12,14-15H,13H2,1-5H3,(H,23,25). The molecule has 0 bridgehead atoms. The van der Waals surface area contributed by atoms with Gasteiger partial charge in [0, 0.05) is 11.5 Å². The summed E-state index contributed by atoms with van der Waals surface area (Å²) in [4.78, 5) is 12.5. The summed E-state index contributed by atoms with van der Waals surface area (Å²) in [5.74, 6) is 0.0289. The molecule has 0 spiro atoms. The minimum absolute atomic E-state index is 0.0570. The molecule has 0 aliphatic carbocycles. The molecule has 158 valence electrons. The summed E-state index contributed by atoms with van der Waals surface area (Å²) in [6.45, 7) is 5.52. The van der Waals surface area contributed by atoms with Crippen LogP contribution in [0.1, 0.15) is 43.9 Å². The van der Waals surface area contributed by atoms with Crippen molar-refractivity contribution in [3.05, 3.63) is 58.1 Å². The Balaban J connectivity index is 2.17. The first kappa shape index (κ1) is 23.4. The van der Waals surface area contributed by atoms with E-state index in [2.05, 4.69) is 21.2 Å².